The smallest absolute Gasteiger partial charge is 0.169 e. The number of rotatable bonds is 8. The van der Waals surface area contributed by atoms with Gasteiger partial charge >= 0.3 is 0 Å². The predicted octanol–water partition coefficient (Wildman–Crippen LogP) is 3.54. The van der Waals surface area contributed by atoms with Crippen molar-refractivity contribution < 1.29 is 4.57 Å². The van der Waals surface area contributed by atoms with E-state index >= 15 is 0 Å². The molecule has 0 saturated heterocycles. The zero-order valence-corrected chi connectivity index (χ0v) is 13.5. The second kappa shape index (κ2) is 9.55. The van der Waals surface area contributed by atoms with Crippen molar-refractivity contribution in [3.8, 4) is 6.07 Å². The van der Waals surface area contributed by atoms with Gasteiger partial charge in [0.05, 0.1) is 11.6 Å². The van der Waals surface area contributed by atoms with Crippen LogP contribution in [0.25, 0.3) is 12.2 Å². The predicted molar refractivity (Wildman–Crippen MR) is 94.2 cm³/mol. The molecule has 0 saturated carbocycles. The van der Waals surface area contributed by atoms with Crippen molar-refractivity contribution in [1.82, 2.24) is 0 Å². The van der Waals surface area contributed by atoms with Gasteiger partial charge in [0.1, 0.15) is 6.54 Å². The fourth-order valence-electron chi connectivity index (χ4n) is 2.38. The van der Waals surface area contributed by atoms with Crippen LogP contribution in [0.1, 0.15) is 42.4 Å². The molecule has 1 heterocycles. The quantitative estimate of drug-likeness (QED) is 0.599. The molecular formula is C20H24N3+. The second-order valence-corrected chi connectivity index (χ2v) is 5.64. The van der Waals surface area contributed by atoms with Crippen molar-refractivity contribution in [1.29, 1.82) is 5.26 Å². The van der Waals surface area contributed by atoms with Gasteiger partial charge in [-0.25, -0.2) is 4.57 Å². The van der Waals surface area contributed by atoms with E-state index in [4.69, 9.17) is 11.0 Å². The van der Waals surface area contributed by atoms with Crippen molar-refractivity contribution in [2.24, 2.45) is 5.73 Å². The monoisotopic (exact) mass is 306 g/mol. The van der Waals surface area contributed by atoms with Gasteiger partial charge in [-0.1, -0.05) is 30.7 Å². The van der Waals surface area contributed by atoms with E-state index in [1.54, 1.807) is 0 Å². The van der Waals surface area contributed by atoms with E-state index in [2.05, 4.69) is 47.3 Å². The van der Waals surface area contributed by atoms with Gasteiger partial charge in [-0.05, 0) is 42.6 Å². The summed E-state index contributed by atoms with van der Waals surface area (Å²) < 4.78 is 2.22. The number of hydrogen-bond acceptors (Lipinski definition) is 2. The minimum absolute atomic E-state index is 0.689. The number of aromatic nitrogens is 1. The maximum absolute atomic E-state index is 8.79. The van der Waals surface area contributed by atoms with Crippen LogP contribution in [0.4, 0.5) is 0 Å². The number of nitrogens with zero attached hydrogens (tertiary/aromatic N) is 2. The van der Waals surface area contributed by atoms with Crippen molar-refractivity contribution in [3.63, 3.8) is 0 Å². The number of unbranched alkanes of at least 4 members (excludes halogenated alkanes) is 3. The third-order valence-electron chi connectivity index (χ3n) is 3.80. The Balaban J connectivity index is 1.84. The Morgan fingerprint density at radius 1 is 0.870 bits per heavy atom. The highest BCUT2D eigenvalue weighted by atomic mass is 14.9. The molecule has 0 radical (unpaired) electrons. The molecule has 2 N–H and O–H groups in total. The first-order chi connectivity index (χ1) is 11.3. The SMILES string of the molecule is N#Cc1ccc(/C=C/c2cc[n+](CCCCCCN)cc2)cc1. The van der Waals surface area contributed by atoms with E-state index < -0.39 is 0 Å². The van der Waals surface area contributed by atoms with Crippen molar-refractivity contribution in [2.75, 3.05) is 6.54 Å². The highest BCUT2D eigenvalue weighted by Crippen LogP contribution is 2.08. The molecule has 0 amide bonds. The standard InChI is InChI=1S/C20H24N3/c21-13-3-1-2-4-14-23-15-11-19(12-16-23)6-5-18-7-9-20(17-22)10-8-18/h5-12,15-16H,1-4,13-14,21H2/q+1/b6-5+. The molecule has 0 bridgehead atoms. The van der Waals surface area contributed by atoms with Crippen LogP contribution in [0.15, 0.2) is 48.8 Å². The Morgan fingerprint density at radius 3 is 2.09 bits per heavy atom. The van der Waals surface area contributed by atoms with Gasteiger partial charge in [-0.15, -0.1) is 0 Å². The summed E-state index contributed by atoms with van der Waals surface area (Å²) in [6.45, 7) is 1.86. The van der Waals surface area contributed by atoms with Crippen molar-refractivity contribution in [3.05, 3.63) is 65.5 Å². The van der Waals surface area contributed by atoms with Crippen LogP contribution in [0.3, 0.4) is 0 Å². The zero-order valence-electron chi connectivity index (χ0n) is 13.5. The third kappa shape index (κ3) is 6.06. The lowest BCUT2D eigenvalue weighted by molar-refractivity contribution is -0.697. The van der Waals surface area contributed by atoms with Crippen LogP contribution in [0.5, 0.6) is 0 Å². The normalized spacial score (nSPS) is 10.8. The van der Waals surface area contributed by atoms with Gasteiger partial charge < -0.3 is 5.73 Å². The average Bonchev–Trinajstić information content (AvgIpc) is 2.61. The van der Waals surface area contributed by atoms with Crippen LogP contribution >= 0.6 is 0 Å². The Labute approximate surface area is 138 Å². The maximum atomic E-state index is 8.79. The minimum Gasteiger partial charge on any atom is -0.330 e. The summed E-state index contributed by atoms with van der Waals surface area (Å²) in [6.07, 6.45) is 13.2. The lowest BCUT2D eigenvalue weighted by Gasteiger charge is -1.99. The fourth-order valence-corrected chi connectivity index (χ4v) is 2.38. The number of nitriles is 1. The van der Waals surface area contributed by atoms with Crippen LogP contribution < -0.4 is 10.3 Å². The fraction of sp³-hybridized carbons (Fsp3) is 0.300. The molecule has 1 aromatic carbocycles. The lowest BCUT2D eigenvalue weighted by Crippen LogP contribution is -2.32. The molecule has 2 aromatic rings. The van der Waals surface area contributed by atoms with E-state index in [0.29, 0.717) is 5.56 Å². The van der Waals surface area contributed by atoms with Gasteiger partial charge in [0, 0.05) is 18.6 Å². The first kappa shape index (κ1) is 16.9. The molecule has 0 aliphatic heterocycles. The van der Waals surface area contributed by atoms with Gasteiger partial charge in [0.15, 0.2) is 12.4 Å². The maximum Gasteiger partial charge on any atom is 0.169 e. The van der Waals surface area contributed by atoms with Crippen molar-refractivity contribution in [2.45, 2.75) is 32.2 Å². The van der Waals surface area contributed by atoms with Gasteiger partial charge in [0.25, 0.3) is 0 Å². The lowest BCUT2D eigenvalue weighted by atomic mass is 10.1. The number of benzene rings is 1. The summed E-state index contributed by atoms with van der Waals surface area (Å²) in [5.74, 6) is 0. The van der Waals surface area contributed by atoms with Crippen LogP contribution in [-0.4, -0.2) is 6.54 Å². The highest BCUT2D eigenvalue weighted by molar-refractivity contribution is 5.69. The van der Waals surface area contributed by atoms with Crippen molar-refractivity contribution >= 4 is 12.2 Å². The molecule has 0 unspecified atom stereocenters. The summed E-state index contributed by atoms with van der Waals surface area (Å²) >= 11 is 0. The molecule has 3 heteroatoms. The molecule has 23 heavy (non-hydrogen) atoms. The molecule has 2 rings (SSSR count). The molecule has 0 atom stereocenters. The molecule has 1 aromatic heterocycles. The Hall–Kier alpha value is -2.44. The number of nitrogens with two attached hydrogens (primary N) is 1. The van der Waals surface area contributed by atoms with E-state index in [1.165, 1.54) is 24.8 Å². The molecule has 118 valence electrons. The zero-order chi connectivity index (χ0) is 16.3. The third-order valence-corrected chi connectivity index (χ3v) is 3.80. The van der Waals surface area contributed by atoms with E-state index in [0.717, 1.165) is 25.1 Å². The summed E-state index contributed by atoms with van der Waals surface area (Å²) in [7, 11) is 0. The molecule has 0 spiro atoms. The Morgan fingerprint density at radius 2 is 1.48 bits per heavy atom. The summed E-state index contributed by atoms with van der Waals surface area (Å²) in [5, 5.41) is 8.79. The van der Waals surface area contributed by atoms with Crippen LogP contribution in [-0.2, 0) is 6.54 Å². The topological polar surface area (TPSA) is 53.7 Å². The summed E-state index contributed by atoms with van der Waals surface area (Å²) in [6, 6.07) is 14.0. The Kier molecular flexibility index (Phi) is 7.03. The van der Waals surface area contributed by atoms with E-state index in [9.17, 15) is 0 Å². The van der Waals surface area contributed by atoms with E-state index in [1.807, 2.05) is 24.3 Å². The van der Waals surface area contributed by atoms with Gasteiger partial charge in [0.2, 0.25) is 0 Å². The number of hydrogen-bond donors (Lipinski definition) is 1. The largest absolute Gasteiger partial charge is 0.330 e. The Bertz CT molecular complexity index is 649. The van der Waals surface area contributed by atoms with E-state index in [-0.39, 0.29) is 0 Å². The molecule has 0 aliphatic carbocycles. The first-order valence-corrected chi connectivity index (χ1v) is 8.19. The van der Waals surface area contributed by atoms with Gasteiger partial charge in [-0.2, -0.15) is 5.26 Å². The van der Waals surface area contributed by atoms with Crippen LogP contribution in [0.2, 0.25) is 0 Å². The molecule has 3 nitrogen and oxygen atoms in total. The molecular weight excluding hydrogens is 282 g/mol. The highest BCUT2D eigenvalue weighted by Gasteiger charge is 1.99. The number of aryl methyl sites for hydroxylation is 1. The average molecular weight is 306 g/mol. The number of pyridine rings is 1. The molecule has 0 fully saturated rings. The summed E-state index contributed by atoms with van der Waals surface area (Å²) in [5.41, 5.74) is 8.46. The molecule has 0 aliphatic rings. The second-order valence-electron chi connectivity index (χ2n) is 5.64. The minimum atomic E-state index is 0.689. The first-order valence-electron chi connectivity index (χ1n) is 8.19. The van der Waals surface area contributed by atoms with Gasteiger partial charge in [-0.3, -0.25) is 0 Å². The summed E-state index contributed by atoms with van der Waals surface area (Å²) in [4.78, 5) is 0. The van der Waals surface area contributed by atoms with Crippen LogP contribution in [0, 0.1) is 11.3 Å².